The van der Waals surface area contributed by atoms with E-state index in [-0.39, 0.29) is 24.0 Å². The van der Waals surface area contributed by atoms with Crippen LogP contribution in [0, 0.1) is 0 Å². The average molecular weight is 290 g/mol. The summed E-state index contributed by atoms with van der Waals surface area (Å²) in [7, 11) is 1.51. The van der Waals surface area contributed by atoms with Gasteiger partial charge in [-0.25, -0.2) is 0 Å². The van der Waals surface area contributed by atoms with Crippen LogP contribution in [-0.4, -0.2) is 49.2 Å². The van der Waals surface area contributed by atoms with Crippen LogP contribution in [0.25, 0.3) is 0 Å². The van der Waals surface area contributed by atoms with E-state index >= 15 is 0 Å². The number of piperidine rings is 1. The van der Waals surface area contributed by atoms with Crippen molar-refractivity contribution in [2.45, 2.75) is 12.8 Å². The normalized spacial score (nSPS) is 15.0. The number of nitrogens with zero attached hydrogens (tertiary/aromatic N) is 1. The smallest absolute Gasteiger partial charge is 0.255 e. The molecule has 0 bridgehead atoms. The number of ether oxygens (including phenoxy) is 1. The van der Waals surface area contributed by atoms with E-state index in [0.717, 1.165) is 0 Å². The van der Waals surface area contributed by atoms with Gasteiger partial charge in [0.15, 0.2) is 0 Å². The lowest BCUT2D eigenvalue weighted by molar-refractivity contribution is -0.139. The van der Waals surface area contributed by atoms with Crippen molar-refractivity contribution in [1.82, 2.24) is 10.2 Å². The minimum Gasteiger partial charge on any atom is -0.496 e. The molecule has 0 spiro atoms. The number of ketones is 1. The average Bonchev–Trinajstić information content (AvgIpc) is 2.49. The fraction of sp³-hybridized carbons (Fsp3) is 0.400. The van der Waals surface area contributed by atoms with Gasteiger partial charge in [-0.3, -0.25) is 14.4 Å². The molecular formula is C15H18N2O4. The zero-order valence-electron chi connectivity index (χ0n) is 11.9. The molecule has 0 unspecified atom stereocenters. The Morgan fingerprint density at radius 2 is 2.10 bits per heavy atom. The Hall–Kier alpha value is -2.37. The van der Waals surface area contributed by atoms with Crippen molar-refractivity contribution in [2.75, 3.05) is 26.7 Å². The minimum atomic E-state index is -0.243. The van der Waals surface area contributed by atoms with Gasteiger partial charge < -0.3 is 15.0 Å². The number of carbonyl (C=O) groups is 3. The second-order valence-electron chi connectivity index (χ2n) is 4.80. The van der Waals surface area contributed by atoms with Crippen LogP contribution in [0.4, 0.5) is 0 Å². The summed E-state index contributed by atoms with van der Waals surface area (Å²) in [5, 5.41) is 2.75. The molecule has 1 heterocycles. The first-order valence-corrected chi connectivity index (χ1v) is 6.82. The van der Waals surface area contributed by atoms with E-state index in [0.29, 0.717) is 37.4 Å². The molecule has 2 rings (SSSR count). The molecule has 0 aromatic heterocycles. The number of nitrogens with one attached hydrogen (secondary N) is 1. The van der Waals surface area contributed by atoms with Crippen molar-refractivity contribution in [3.63, 3.8) is 0 Å². The van der Waals surface area contributed by atoms with Gasteiger partial charge in [-0.05, 0) is 12.1 Å². The van der Waals surface area contributed by atoms with E-state index in [2.05, 4.69) is 5.32 Å². The van der Waals surface area contributed by atoms with Gasteiger partial charge in [0.1, 0.15) is 11.5 Å². The van der Waals surface area contributed by atoms with E-state index in [4.69, 9.17) is 4.74 Å². The SMILES string of the molecule is COc1ccccc1C(=O)NCCN1CCC(=O)CC1=O. The maximum Gasteiger partial charge on any atom is 0.255 e. The van der Waals surface area contributed by atoms with E-state index in [1.165, 1.54) is 7.11 Å². The summed E-state index contributed by atoms with van der Waals surface area (Å²) in [6.45, 7) is 1.19. The molecule has 1 aliphatic rings. The highest BCUT2D eigenvalue weighted by molar-refractivity contribution is 6.00. The summed E-state index contributed by atoms with van der Waals surface area (Å²) in [6, 6.07) is 6.95. The molecule has 2 amide bonds. The van der Waals surface area contributed by atoms with E-state index in [9.17, 15) is 14.4 Å². The Morgan fingerprint density at radius 3 is 2.81 bits per heavy atom. The van der Waals surface area contributed by atoms with Crippen molar-refractivity contribution in [3.8, 4) is 5.75 Å². The van der Waals surface area contributed by atoms with Crippen molar-refractivity contribution < 1.29 is 19.1 Å². The summed E-state index contributed by atoms with van der Waals surface area (Å²) in [4.78, 5) is 36.4. The first-order chi connectivity index (χ1) is 10.1. The topological polar surface area (TPSA) is 75.7 Å². The number of benzene rings is 1. The second kappa shape index (κ2) is 6.88. The van der Waals surface area contributed by atoms with Gasteiger partial charge in [-0.1, -0.05) is 12.1 Å². The van der Waals surface area contributed by atoms with Gasteiger partial charge in [-0.15, -0.1) is 0 Å². The van der Waals surface area contributed by atoms with Crippen LogP contribution in [0.2, 0.25) is 0 Å². The van der Waals surface area contributed by atoms with Gasteiger partial charge in [0.05, 0.1) is 19.1 Å². The van der Waals surface area contributed by atoms with Crippen LogP contribution in [-0.2, 0) is 9.59 Å². The number of amides is 2. The molecule has 1 fully saturated rings. The Kier molecular flexibility index (Phi) is 4.92. The quantitative estimate of drug-likeness (QED) is 0.806. The van der Waals surface area contributed by atoms with Crippen molar-refractivity contribution >= 4 is 17.6 Å². The maximum atomic E-state index is 12.1. The third-order valence-electron chi connectivity index (χ3n) is 3.38. The first kappa shape index (κ1) is 15.0. The number of hydrogen-bond acceptors (Lipinski definition) is 4. The highest BCUT2D eigenvalue weighted by Crippen LogP contribution is 2.16. The molecule has 0 atom stereocenters. The van der Waals surface area contributed by atoms with Crippen molar-refractivity contribution in [3.05, 3.63) is 29.8 Å². The molecule has 21 heavy (non-hydrogen) atoms. The lowest BCUT2D eigenvalue weighted by Gasteiger charge is -2.26. The fourth-order valence-electron chi connectivity index (χ4n) is 2.22. The van der Waals surface area contributed by atoms with Crippen LogP contribution in [0.15, 0.2) is 24.3 Å². The predicted octanol–water partition coefficient (Wildman–Crippen LogP) is 0.616. The van der Waals surface area contributed by atoms with E-state index in [1.54, 1.807) is 29.2 Å². The standard InChI is InChI=1S/C15H18N2O4/c1-21-13-5-3-2-4-12(13)15(20)16-7-9-17-8-6-11(18)10-14(17)19/h2-5H,6-10H2,1H3,(H,16,20). The molecular weight excluding hydrogens is 272 g/mol. The van der Waals surface area contributed by atoms with Gasteiger partial charge in [0.25, 0.3) is 5.91 Å². The third-order valence-corrected chi connectivity index (χ3v) is 3.38. The Labute approximate surface area is 123 Å². The monoisotopic (exact) mass is 290 g/mol. The molecule has 6 heteroatoms. The van der Waals surface area contributed by atoms with Gasteiger partial charge in [0, 0.05) is 26.1 Å². The van der Waals surface area contributed by atoms with Crippen molar-refractivity contribution in [1.29, 1.82) is 0 Å². The second-order valence-corrected chi connectivity index (χ2v) is 4.80. The summed E-state index contributed by atoms with van der Waals surface area (Å²) in [5.41, 5.74) is 0.458. The molecule has 1 saturated heterocycles. The number of methoxy groups -OCH3 is 1. The van der Waals surface area contributed by atoms with Crippen LogP contribution >= 0.6 is 0 Å². The lowest BCUT2D eigenvalue weighted by Crippen LogP contribution is -2.43. The minimum absolute atomic E-state index is 0.0192. The Morgan fingerprint density at radius 1 is 1.33 bits per heavy atom. The van der Waals surface area contributed by atoms with E-state index in [1.807, 2.05) is 0 Å². The summed E-state index contributed by atoms with van der Waals surface area (Å²) in [5.74, 6) is 0.0785. The molecule has 1 N–H and O–H groups in total. The number of likely N-dealkylation sites (tertiary alicyclic amines) is 1. The van der Waals surface area contributed by atoms with Gasteiger partial charge in [-0.2, -0.15) is 0 Å². The van der Waals surface area contributed by atoms with Gasteiger partial charge in [0.2, 0.25) is 5.91 Å². The summed E-state index contributed by atoms with van der Waals surface area (Å²) in [6.07, 6.45) is 0.368. The van der Waals surface area contributed by atoms with Crippen LogP contribution < -0.4 is 10.1 Å². The predicted molar refractivity (Wildman–Crippen MR) is 76.1 cm³/mol. The molecule has 112 valence electrons. The number of Topliss-reactive ketones (excluding diaryl/α,β-unsaturated/α-hetero) is 1. The maximum absolute atomic E-state index is 12.1. The first-order valence-electron chi connectivity index (χ1n) is 6.82. The number of rotatable bonds is 5. The third kappa shape index (κ3) is 3.81. The highest BCUT2D eigenvalue weighted by Gasteiger charge is 2.23. The zero-order valence-corrected chi connectivity index (χ0v) is 11.9. The number of hydrogen-bond donors (Lipinski definition) is 1. The largest absolute Gasteiger partial charge is 0.496 e. The molecule has 1 aromatic rings. The van der Waals surface area contributed by atoms with Crippen LogP contribution in [0.3, 0.4) is 0 Å². The van der Waals surface area contributed by atoms with Gasteiger partial charge >= 0.3 is 0 Å². The lowest BCUT2D eigenvalue weighted by atomic mass is 10.1. The van der Waals surface area contributed by atoms with E-state index < -0.39 is 0 Å². The highest BCUT2D eigenvalue weighted by atomic mass is 16.5. The summed E-state index contributed by atoms with van der Waals surface area (Å²) >= 11 is 0. The molecule has 0 saturated carbocycles. The molecule has 6 nitrogen and oxygen atoms in total. The fourth-order valence-corrected chi connectivity index (χ4v) is 2.22. The molecule has 0 aliphatic carbocycles. The Bertz CT molecular complexity index is 556. The zero-order chi connectivity index (χ0) is 15.2. The van der Waals surface area contributed by atoms with Crippen LogP contribution in [0.1, 0.15) is 23.2 Å². The molecule has 1 aromatic carbocycles. The van der Waals surface area contributed by atoms with Crippen molar-refractivity contribution in [2.24, 2.45) is 0 Å². The molecule has 0 radical (unpaired) electrons. The van der Waals surface area contributed by atoms with Crippen LogP contribution in [0.5, 0.6) is 5.75 Å². The summed E-state index contributed by atoms with van der Waals surface area (Å²) < 4.78 is 5.13. The number of para-hydroxylation sites is 1. The Balaban J connectivity index is 1.84. The number of carbonyl (C=O) groups excluding carboxylic acids is 3. The molecule has 1 aliphatic heterocycles.